The van der Waals surface area contributed by atoms with Gasteiger partial charge in [0.15, 0.2) is 5.78 Å². The van der Waals surface area contributed by atoms with Crippen molar-refractivity contribution in [1.82, 2.24) is 0 Å². The Balaban J connectivity index is 1.84. The molecule has 1 spiro atoms. The van der Waals surface area contributed by atoms with E-state index in [0.29, 0.717) is 23.0 Å². The number of allylic oxidation sites excluding steroid dienone is 4. The van der Waals surface area contributed by atoms with Crippen molar-refractivity contribution >= 4 is 5.78 Å². The van der Waals surface area contributed by atoms with Crippen LogP contribution in [0.1, 0.15) is 38.5 Å². The van der Waals surface area contributed by atoms with Crippen LogP contribution < -0.4 is 0 Å². The van der Waals surface area contributed by atoms with Crippen LogP contribution in [0.5, 0.6) is 0 Å². The van der Waals surface area contributed by atoms with Gasteiger partial charge in [0, 0.05) is 5.92 Å². The third-order valence-electron chi connectivity index (χ3n) is 4.64. The fourth-order valence-corrected chi connectivity index (χ4v) is 3.88. The van der Waals surface area contributed by atoms with Crippen LogP contribution >= 0.6 is 0 Å². The molecule has 15 heavy (non-hydrogen) atoms. The van der Waals surface area contributed by atoms with Crippen LogP contribution in [0.25, 0.3) is 0 Å². The molecule has 1 fully saturated rings. The van der Waals surface area contributed by atoms with Crippen molar-refractivity contribution in [2.24, 2.45) is 17.3 Å². The third-order valence-corrected chi connectivity index (χ3v) is 4.64. The van der Waals surface area contributed by atoms with E-state index in [-0.39, 0.29) is 0 Å². The second-order valence-corrected chi connectivity index (χ2v) is 5.33. The van der Waals surface area contributed by atoms with Crippen molar-refractivity contribution in [2.45, 2.75) is 38.5 Å². The minimum absolute atomic E-state index is 0.304. The smallest absolute Gasteiger partial charge is 0.159 e. The highest BCUT2D eigenvalue weighted by atomic mass is 16.1. The minimum atomic E-state index is 0.304. The average Bonchev–Trinajstić information content (AvgIpc) is 2.90. The standard InChI is InChI=1S/C14H18O/c15-13-7-3-5-11(13)12-6-4-10-14(12)8-1-2-9-14/h3-4,7,10-12H,1-2,5-6,8-9H2. The van der Waals surface area contributed by atoms with Gasteiger partial charge in [-0.05, 0) is 43.1 Å². The second-order valence-electron chi connectivity index (χ2n) is 5.33. The van der Waals surface area contributed by atoms with Crippen molar-refractivity contribution in [2.75, 3.05) is 0 Å². The van der Waals surface area contributed by atoms with Gasteiger partial charge < -0.3 is 0 Å². The van der Waals surface area contributed by atoms with Crippen LogP contribution in [0, 0.1) is 17.3 Å². The van der Waals surface area contributed by atoms with E-state index in [2.05, 4.69) is 18.2 Å². The Hall–Kier alpha value is -0.850. The van der Waals surface area contributed by atoms with Crippen molar-refractivity contribution in [1.29, 1.82) is 0 Å². The molecule has 2 unspecified atom stereocenters. The average molecular weight is 202 g/mol. The number of carbonyl (C=O) groups is 1. The zero-order chi connectivity index (χ0) is 10.3. The van der Waals surface area contributed by atoms with Crippen molar-refractivity contribution < 1.29 is 4.79 Å². The lowest BCUT2D eigenvalue weighted by Gasteiger charge is -2.34. The molecule has 0 bridgehead atoms. The van der Waals surface area contributed by atoms with Gasteiger partial charge in [0.25, 0.3) is 0 Å². The van der Waals surface area contributed by atoms with E-state index in [4.69, 9.17) is 0 Å². The van der Waals surface area contributed by atoms with E-state index in [0.717, 1.165) is 12.8 Å². The normalized spacial score (nSPS) is 37.2. The quantitative estimate of drug-likeness (QED) is 0.596. The van der Waals surface area contributed by atoms with Crippen LogP contribution in [-0.2, 0) is 4.79 Å². The molecule has 0 aromatic rings. The van der Waals surface area contributed by atoms with Gasteiger partial charge in [0.1, 0.15) is 0 Å². The molecule has 0 amide bonds. The van der Waals surface area contributed by atoms with E-state index in [1.54, 1.807) is 6.08 Å². The van der Waals surface area contributed by atoms with E-state index in [1.165, 1.54) is 25.7 Å². The van der Waals surface area contributed by atoms with E-state index in [9.17, 15) is 4.79 Å². The summed E-state index contributed by atoms with van der Waals surface area (Å²) in [5.41, 5.74) is 0.409. The Labute approximate surface area is 91.2 Å². The SMILES string of the molecule is O=C1C=CCC1C1CC=CC12CCCC2. The number of rotatable bonds is 1. The monoisotopic (exact) mass is 202 g/mol. The predicted molar refractivity (Wildman–Crippen MR) is 60.4 cm³/mol. The first-order valence-corrected chi connectivity index (χ1v) is 6.20. The molecule has 0 aromatic carbocycles. The molecule has 0 aromatic heterocycles. The Morgan fingerprint density at radius 3 is 2.60 bits per heavy atom. The van der Waals surface area contributed by atoms with Crippen molar-refractivity contribution in [3.05, 3.63) is 24.3 Å². The minimum Gasteiger partial charge on any atom is -0.295 e. The number of hydrogen-bond donors (Lipinski definition) is 0. The Morgan fingerprint density at radius 1 is 1.13 bits per heavy atom. The van der Waals surface area contributed by atoms with Crippen LogP contribution in [0.15, 0.2) is 24.3 Å². The van der Waals surface area contributed by atoms with Gasteiger partial charge in [-0.2, -0.15) is 0 Å². The molecular weight excluding hydrogens is 184 g/mol. The lowest BCUT2D eigenvalue weighted by atomic mass is 9.69. The molecule has 0 saturated heterocycles. The molecule has 1 heteroatoms. The number of ketones is 1. The summed E-state index contributed by atoms with van der Waals surface area (Å²) in [6, 6.07) is 0. The first kappa shape index (κ1) is 9.38. The maximum atomic E-state index is 11.8. The highest BCUT2D eigenvalue weighted by Crippen LogP contribution is 2.54. The fraction of sp³-hybridized carbons (Fsp3) is 0.643. The third kappa shape index (κ3) is 1.32. The van der Waals surface area contributed by atoms with Gasteiger partial charge >= 0.3 is 0 Å². The highest BCUT2D eigenvalue weighted by Gasteiger charge is 2.46. The molecule has 2 atom stereocenters. The molecule has 0 radical (unpaired) electrons. The van der Waals surface area contributed by atoms with Gasteiger partial charge in [-0.3, -0.25) is 4.79 Å². The molecule has 1 saturated carbocycles. The first-order chi connectivity index (χ1) is 7.32. The topological polar surface area (TPSA) is 17.1 Å². The predicted octanol–water partition coefficient (Wildman–Crippen LogP) is 3.27. The summed E-state index contributed by atoms with van der Waals surface area (Å²) in [5.74, 6) is 1.30. The van der Waals surface area contributed by atoms with E-state index >= 15 is 0 Å². The summed E-state index contributed by atoms with van der Waals surface area (Å²) in [4.78, 5) is 11.8. The van der Waals surface area contributed by atoms with Crippen LogP contribution in [0.4, 0.5) is 0 Å². The zero-order valence-corrected chi connectivity index (χ0v) is 9.11. The largest absolute Gasteiger partial charge is 0.295 e. The summed E-state index contributed by atoms with van der Waals surface area (Å²) in [6.07, 6.45) is 16.1. The van der Waals surface area contributed by atoms with Gasteiger partial charge in [0.2, 0.25) is 0 Å². The lowest BCUT2D eigenvalue weighted by molar-refractivity contribution is -0.120. The Morgan fingerprint density at radius 2 is 1.93 bits per heavy atom. The van der Waals surface area contributed by atoms with E-state index in [1.807, 2.05) is 0 Å². The van der Waals surface area contributed by atoms with Gasteiger partial charge in [-0.1, -0.05) is 31.1 Å². The van der Waals surface area contributed by atoms with Crippen molar-refractivity contribution in [3.63, 3.8) is 0 Å². The second kappa shape index (κ2) is 3.33. The first-order valence-electron chi connectivity index (χ1n) is 6.20. The Kier molecular flexibility index (Phi) is 2.08. The molecule has 3 aliphatic rings. The molecule has 1 nitrogen and oxygen atoms in total. The van der Waals surface area contributed by atoms with Gasteiger partial charge in [0.05, 0.1) is 0 Å². The molecular formula is C14H18O. The molecule has 0 N–H and O–H groups in total. The van der Waals surface area contributed by atoms with Gasteiger partial charge in [-0.15, -0.1) is 0 Å². The molecule has 3 rings (SSSR count). The zero-order valence-electron chi connectivity index (χ0n) is 9.11. The van der Waals surface area contributed by atoms with Crippen LogP contribution in [-0.4, -0.2) is 5.78 Å². The summed E-state index contributed by atoms with van der Waals surface area (Å²) >= 11 is 0. The molecule has 3 aliphatic carbocycles. The Bertz CT molecular complexity index is 331. The van der Waals surface area contributed by atoms with E-state index < -0.39 is 0 Å². The summed E-state index contributed by atoms with van der Waals surface area (Å²) in [6.45, 7) is 0. The maximum absolute atomic E-state index is 11.8. The summed E-state index contributed by atoms with van der Waals surface area (Å²) in [7, 11) is 0. The summed E-state index contributed by atoms with van der Waals surface area (Å²) in [5, 5.41) is 0. The van der Waals surface area contributed by atoms with Crippen molar-refractivity contribution in [3.8, 4) is 0 Å². The lowest BCUT2D eigenvalue weighted by Crippen LogP contribution is -2.31. The maximum Gasteiger partial charge on any atom is 0.159 e. The number of carbonyl (C=O) groups excluding carboxylic acids is 1. The molecule has 0 heterocycles. The van der Waals surface area contributed by atoms with Gasteiger partial charge in [-0.25, -0.2) is 0 Å². The molecule has 0 aliphatic heterocycles. The highest BCUT2D eigenvalue weighted by molar-refractivity contribution is 5.94. The fourth-order valence-electron chi connectivity index (χ4n) is 3.88. The molecule has 80 valence electrons. The summed E-state index contributed by atoms with van der Waals surface area (Å²) < 4.78 is 0. The van der Waals surface area contributed by atoms with Crippen LogP contribution in [0.2, 0.25) is 0 Å². The number of hydrogen-bond acceptors (Lipinski definition) is 1. The van der Waals surface area contributed by atoms with Crippen LogP contribution in [0.3, 0.4) is 0 Å².